The first-order valence-electron chi connectivity index (χ1n) is 9.45. The largest absolute Gasteiger partial charge is 0.478 e. The van der Waals surface area contributed by atoms with Crippen molar-refractivity contribution in [3.8, 4) is 5.75 Å². The summed E-state index contributed by atoms with van der Waals surface area (Å²) in [6.45, 7) is 4.72. The van der Waals surface area contributed by atoms with Crippen molar-refractivity contribution in [1.29, 1.82) is 0 Å². The van der Waals surface area contributed by atoms with Crippen LogP contribution in [-0.4, -0.2) is 41.4 Å². The monoisotopic (exact) mass is 400 g/mol. The van der Waals surface area contributed by atoms with Gasteiger partial charge in [-0.05, 0) is 63.1 Å². The quantitative estimate of drug-likeness (QED) is 0.827. The first-order valence-corrected chi connectivity index (χ1v) is 9.83. The lowest BCUT2D eigenvalue weighted by Gasteiger charge is -2.37. The van der Waals surface area contributed by atoms with E-state index in [1.54, 1.807) is 55.1 Å². The van der Waals surface area contributed by atoms with E-state index in [0.717, 1.165) is 12.8 Å². The second-order valence-corrected chi connectivity index (χ2v) is 7.91. The Morgan fingerprint density at radius 2 is 1.64 bits per heavy atom. The summed E-state index contributed by atoms with van der Waals surface area (Å²) in [5.41, 5.74) is -0.327. The first kappa shape index (κ1) is 20.2. The fourth-order valence-corrected chi connectivity index (χ4v) is 3.43. The number of benzene rings is 2. The number of likely N-dealkylation sites (tertiary alicyclic amines) is 1. The molecule has 0 aliphatic carbocycles. The molecule has 1 aliphatic rings. The van der Waals surface area contributed by atoms with Crippen LogP contribution in [0.25, 0.3) is 0 Å². The summed E-state index contributed by atoms with van der Waals surface area (Å²) in [7, 11) is 0. The molecular formula is C22H25ClN2O3. The molecule has 1 fully saturated rings. The van der Waals surface area contributed by atoms with Crippen LogP contribution in [0, 0.1) is 0 Å². The highest BCUT2D eigenvalue weighted by Crippen LogP contribution is 2.24. The maximum atomic E-state index is 12.9. The maximum Gasteiger partial charge on any atom is 0.266 e. The minimum atomic E-state index is -0.978. The second-order valence-electron chi connectivity index (χ2n) is 7.47. The van der Waals surface area contributed by atoms with E-state index in [0.29, 0.717) is 29.4 Å². The van der Waals surface area contributed by atoms with Gasteiger partial charge in [-0.2, -0.15) is 0 Å². The van der Waals surface area contributed by atoms with Gasteiger partial charge in [-0.15, -0.1) is 0 Å². The van der Waals surface area contributed by atoms with Crippen molar-refractivity contribution >= 4 is 23.4 Å². The van der Waals surface area contributed by atoms with Gasteiger partial charge in [0.2, 0.25) is 0 Å². The molecule has 2 aromatic carbocycles. The number of rotatable bonds is 5. The van der Waals surface area contributed by atoms with Gasteiger partial charge >= 0.3 is 0 Å². The Morgan fingerprint density at radius 1 is 1.04 bits per heavy atom. The SMILES string of the molecule is CC(C)(Oc1ccc(Cl)cc1)C(=O)N1CCC(NC(=O)c2ccccc2)CC1. The third kappa shape index (κ3) is 5.04. The van der Waals surface area contributed by atoms with Crippen LogP contribution in [0.3, 0.4) is 0 Å². The highest BCUT2D eigenvalue weighted by atomic mass is 35.5. The van der Waals surface area contributed by atoms with Crippen LogP contribution in [-0.2, 0) is 4.79 Å². The molecule has 0 atom stereocenters. The number of ether oxygens (including phenoxy) is 1. The molecule has 0 saturated carbocycles. The van der Waals surface area contributed by atoms with Crippen molar-refractivity contribution in [2.24, 2.45) is 0 Å². The molecule has 28 heavy (non-hydrogen) atoms. The standard InChI is InChI=1S/C22H25ClN2O3/c1-22(2,28-19-10-8-17(23)9-11-19)21(27)25-14-12-18(13-15-25)24-20(26)16-6-4-3-5-7-16/h3-11,18H,12-15H2,1-2H3,(H,24,26). The lowest BCUT2D eigenvalue weighted by atomic mass is 10.0. The van der Waals surface area contributed by atoms with E-state index in [-0.39, 0.29) is 17.9 Å². The molecule has 2 amide bonds. The van der Waals surface area contributed by atoms with Crippen LogP contribution in [0.4, 0.5) is 0 Å². The number of amides is 2. The van der Waals surface area contributed by atoms with Gasteiger partial charge in [-0.25, -0.2) is 0 Å². The average Bonchev–Trinajstić information content (AvgIpc) is 2.70. The Morgan fingerprint density at radius 3 is 2.25 bits per heavy atom. The van der Waals surface area contributed by atoms with Crippen molar-refractivity contribution in [2.45, 2.75) is 38.3 Å². The maximum absolute atomic E-state index is 12.9. The molecular weight excluding hydrogens is 376 g/mol. The zero-order valence-electron chi connectivity index (χ0n) is 16.2. The number of carbonyl (C=O) groups is 2. The molecule has 148 valence electrons. The van der Waals surface area contributed by atoms with Crippen LogP contribution in [0.15, 0.2) is 54.6 Å². The molecule has 1 saturated heterocycles. The Labute approximate surface area is 170 Å². The molecule has 0 radical (unpaired) electrons. The number of hydrogen-bond acceptors (Lipinski definition) is 3. The summed E-state index contributed by atoms with van der Waals surface area (Å²) >= 11 is 5.90. The molecule has 2 aromatic rings. The van der Waals surface area contributed by atoms with E-state index in [4.69, 9.17) is 16.3 Å². The zero-order valence-corrected chi connectivity index (χ0v) is 16.9. The highest BCUT2D eigenvalue weighted by molar-refractivity contribution is 6.30. The van der Waals surface area contributed by atoms with Gasteiger partial charge in [0.15, 0.2) is 5.60 Å². The van der Waals surface area contributed by atoms with Gasteiger partial charge < -0.3 is 15.0 Å². The van der Waals surface area contributed by atoms with E-state index in [9.17, 15) is 9.59 Å². The van der Waals surface area contributed by atoms with Crippen LogP contribution in [0.2, 0.25) is 5.02 Å². The molecule has 0 unspecified atom stereocenters. The van der Waals surface area contributed by atoms with Gasteiger partial charge in [-0.3, -0.25) is 9.59 Å². The van der Waals surface area contributed by atoms with Crippen molar-refractivity contribution in [3.05, 3.63) is 65.2 Å². The predicted molar refractivity (Wildman–Crippen MR) is 110 cm³/mol. The minimum absolute atomic E-state index is 0.0599. The third-order valence-electron chi connectivity index (χ3n) is 4.86. The number of hydrogen-bond donors (Lipinski definition) is 1. The number of nitrogens with one attached hydrogen (secondary N) is 1. The Balaban J connectivity index is 1.52. The van der Waals surface area contributed by atoms with E-state index < -0.39 is 5.60 Å². The van der Waals surface area contributed by atoms with Gasteiger partial charge in [0.1, 0.15) is 5.75 Å². The topological polar surface area (TPSA) is 58.6 Å². The summed E-state index contributed by atoms with van der Waals surface area (Å²) in [6.07, 6.45) is 1.45. The third-order valence-corrected chi connectivity index (χ3v) is 5.11. The van der Waals surface area contributed by atoms with E-state index >= 15 is 0 Å². The lowest BCUT2D eigenvalue weighted by Crippen LogP contribution is -2.53. The van der Waals surface area contributed by atoms with Gasteiger partial charge in [0, 0.05) is 29.7 Å². The van der Waals surface area contributed by atoms with Crippen molar-refractivity contribution in [3.63, 3.8) is 0 Å². The Bertz CT molecular complexity index is 813. The fourth-order valence-electron chi connectivity index (χ4n) is 3.31. The van der Waals surface area contributed by atoms with Crippen molar-refractivity contribution < 1.29 is 14.3 Å². The van der Waals surface area contributed by atoms with Gasteiger partial charge in [0.25, 0.3) is 11.8 Å². The number of nitrogens with zero attached hydrogens (tertiary/aromatic N) is 1. The van der Waals surface area contributed by atoms with E-state index in [1.165, 1.54) is 0 Å². The summed E-state index contributed by atoms with van der Waals surface area (Å²) in [6, 6.07) is 16.2. The van der Waals surface area contributed by atoms with Crippen LogP contribution >= 0.6 is 11.6 Å². The molecule has 1 N–H and O–H groups in total. The summed E-state index contributed by atoms with van der Waals surface area (Å²) < 4.78 is 5.90. The highest BCUT2D eigenvalue weighted by Gasteiger charge is 2.36. The molecule has 0 bridgehead atoms. The molecule has 1 heterocycles. The van der Waals surface area contributed by atoms with Crippen LogP contribution in [0.1, 0.15) is 37.0 Å². The summed E-state index contributed by atoms with van der Waals surface area (Å²) in [5, 5.41) is 3.68. The van der Waals surface area contributed by atoms with Crippen molar-refractivity contribution in [1.82, 2.24) is 10.2 Å². The summed E-state index contributed by atoms with van der Waals surface area (Å²) in [4.78, 5) is 27.0. The molecule has 6 heteroatoms. The molecule has 0 aromatic heterocycles. The fraction of sp³-hybridized carbons (Fsp3) is 0.364. The van der Waals surface area contributed by atoms with E-state index in [1.807, 2.05) is 18.2 Å². The van der Waals surface area contributed by atoms with Crippen LogP contribution in [0.5, 0.6) is 5.75 Å². The average molecular weight is 401 g/mol. The smallest absolute Gasteiger partial charge is 0.266 e. The minimum Gasteiger partial charge on any atom is -0.478 e. The molecule has 3 rings (SSSR count). The molecule has 1 aliphatic heterocycles. The van der Waals surface area contributed by atoms with Gasteiger partial charge in [-0.1, -0.05) is 29.8 Å². The van der Waals surface area contributed by atoms with Gasteiger partial charge in [0.05, 0.1) is 0 Å². The Kier molecular flexibility index (Phi) is 6.25. The normalized spacial score (nSPS) is 15.2. The first-order chi connectivity index (χ1) is 13.3. The molecule has 5 nitrogen and oxygen atoms in total. The Hall–Kier alpha value is -2.53. The number of carbonyl (C=O) groups excluding carboxylic acids is 2. The van der Waals surface area contributed by atoms with Crippen LogP contribution < -0.4 is 10.1 Å². The number of halogens is 1. The predicted octanol–water partition coefficient (Wildman–Crippen LogP) is 3.92. The summed E-state index contributed by atoms with van der Waals surface area (Å²) in [5.74, 6) is 0.472. The second kappa shape index (κ2) is 8.65. The zero-order chi connectivity index (χ0) is 20.1. The molecule has 0 spiro atoms. The van der Waals surface area contributed by atoms with E-state index in [2.05, 4.69) is 5.32 Å². The number of piperidine rings is 1. The van der Waals surface area contributed by atoms with Crippen molar-refractivity contribution in [2.75, 3.05) is 13.1 Å². The lowest BCUT2D eigenvalue weighted by molar-refractivity contribution is -0.146.